The summed E-state index contributed by atoms with van der Waals surface area (Å²) in [5.41, 5.74) is -0.405. The highest BCUT2D eigenvalue weighted by molar-refractivity contribution is 7.91. The monoisotopic (exact) mass is 441 g/mol. The number of anilines is 1. The Balaban J connectivity index is 1.50. The van der Waals surface area contributed by atoms with E-state index in [9.17, 15) is 26.8 Å². The SMILES string of the molecule is O=C(COC(=O)CCS(=O)(=O)c1ccc2c(c1)OCCO2)Nc1cc(F)ccc1F. The Kier molecular flexibility index (Phi) is 6.50. The summed E-state index contributed by atoms with van der Waals surface area (Å²) in [6, 6.07) is 6.61. The van der Waals surface area contributed by atoms with Gasteiger partial charge < -0.3 is 19.5 Å². The number of halogens is 2. The fourth-order valence-electron chi connectivity index (χ4n) is 2.55. The highest BCUT2D eigenvalue weighted by atomic mass is 32.2. The van der Waals surface area contributed by atoms with E-state index in [1.807, 2.05) is 0 Å². The molecule has 1 N–H and O–H groups in total. The average molecular weight is 441 g/mol. The van der Waals surface area contributed by atoms with Crippen LogP contribution in [-0.2, 0) is 24.2 Å². The van der Waals surface area contributed by atoms with E-state index in [0.29, 0.717) is 24.7 Å². The van der Waals surface area contributed by atoms with E-state index in [0.717, 1.165) is 18.2 Å². The van der Waals surface area contributed by atoms with Crippen LogP contribution in [0.25, 0.3) is 0 Å². The van der Waals surface area contributed by atoms with Gasteiger partial charge in [0.15, 0.2) is 27.9 Å². The van der Waals surface area contributed by atoms with Crippen LogP contribution in [0.1, 0.15) is 6.42 Å². The molecule has 0 fully saturated rings. The van der Waals surface area contributed by atoms with Crippen LogP contribution in [0.3, 0.4) is 0 Å². The Morgan fingerprint density at radius 1 is 1.03 bits per heavy atom. The van der Waals surface area contributed by atoms with E-state index in [1.165, 1.54) is 18.2 Å². The summed E-state index contributed by atoms with van der Waals surface area (Å²) in [6.45, 7) is -0.117. The van der Waals surface area contributed by atoms with E-state index in [4.69, 9.17) is 14.2 Å². The fraction of sp³-hybridized carbons (Fsp3) is 0.263. The van der Waals surface area contributed by atoms with Gasteiger partial charge in [-0.3, -0.25) is 9.59 Å². The van der Waals surface area contributed by atoms with Crippen molar-refractivity contribution < 1.29 is 41.0 Å². The third-order valence-electron chi connectivity index (χ3n) is 4.01. The van der Waals surface area contributed by atoms with E-state index in [1.54, 1.807) is 0 Å². The zero-order chi connectivity index (χ0) is 21.7. The summed E-state index contributed by atoms with van der Waals surface area (Å²) in [6.07, 6.45) is -0.502. The van der Waals surface area contributed by atoms with Crippen LogP contribution in [0, 0.1) is 11.6 Å². The summed E-state index contributed by atoms with van der Waals surface area (Å²) in [5, 5.41) is 2.06. The van der Waals surface area contributed by atoms with E-state index in [-0.39, 0.29) is 4.90 Å². The lowest BCUT2D eigenvalue weighted by Gasteiger charge is -2.18. The quantitative estimate of drug-likeness (QED) is 0.656. The van der Waals surface area contributed by atoms with Crippen LogP contribution >= 0.6 is 0 Å². The topological polar surface area (TPSA) is 108 Å². The number of ether oxygens (including phenoxy) is 3. The lowest BCUT2D eigenvalue weighted by molar-refractivity contribution is -0.146. The molecular weight excluding hydrogens is 424 g/mol. The largest absolute Gasteiger partial charge is 0.486 e. The second-order valence-electron chi connectivity index (χ2n) is 6.21. The van der Waals surface area contributed by atoms with Gasteiger partial charge in [-0.2, -0.15) is 0 Å². The van der Waals surface area contributed by atoms with Crippen LogP contribution in [-0.4, -0.2) is 45.9 Å². The Labute approximate surface area is 170 Å². The smallest absolute Gasteiger partial charge is 0.307 e. The molecule has 2 aromatic rings. The standard InChI is InChI=1S/C19H17F2NO7S/c20-12-1-3-14(21)15(9-12)22-18(23)11-29-19(24)5-8-30(25,26)13-2-4-16-17(10-13)28-7-6-27-16/h1-4,9-10H,5-8,11H2,(H,22,23). The van der Waals surface area contributed by atoms with Crippen molar-refractivity contribution in [3.63, 3.8) is 0 Å². The van der Waals surface area contributed by atoms with Crippen LogP contribution in [0.4, 0.5) is 14.5 Å². The second-order valence-corrected chi connectivity index (χ2v) is 8.32. The number of nitrogens with one attached hydrogen (secondary N) is 1. The number of carbonyl (C=O) groups is 2. The molecule has 8 nitrogen and oxygen atoms in total. The zero-order valence-corrected chi connectivity index (χ0v) is 16.3. The lowest BCUT2D eigenvalue weighted by atomic mass is 10.3. The molecule has 0 atom stereocenters. The van der Waals surface area contributed by atoms with Gasteiger partial charge in [0, 0.05) is 12.1 Å². The minimum atomic E-state index is -3.81. The summed E-state index contributed by atoms with van der Waals surface area (Å²) >= 11 is 0. The first-order chi connectivity index (χ1) is 14.2. The number of hydrogen-bond acceptors (Lipinski definition) is 7. The average Bonchev–Trinajstić information content (AvgIpc) is 2.73. The van der Waals surface area contributed by atoms with Gasteiger partial charge in [-0.25, -0.2) is 17.2 Å². The molecule has 3 rings (SSSR count). The predicted molar refractivity (Wildman–Crippen MR) is 100 cm³/mol. The molecular formula is C19H17F2NO7S. The Bertz CT molecular complexity index is 1070. The van der Waals surface area contributed by atoms with Gasteiger partial charge >= 0.3 is 5.97 Å². The van der Waals surface area contributed by atoms with Crippen molar-refractivity contribution >= 4 is 27.4 Å². The van der Waals surface area contributed by atoms with Crippen LogP contribution in [0.15, 0.2) is 41.3 Å². The third-order valence-corrected chi connectivity index (χ3v) is 5.73. The Morgan fingerprint density at radius 2 is 1.77 bits per heavy atom. The van der Waals surface area contributed by atoms with Crippen molar-refractivity contribution in [3.05, 3.63) is 48.0 Å². The van der Waals surface area contributed by atoms with Crippen LogP contribution < -0.4 is 14.8 Å². The van der Waals surface area contributed by atoms with Gasteiger partial charge in [0.25, 0.3) is 5.91 Å². The first kappa shape index (κ1) is 21.5. The zero-order valence-electron chi connectivity index (χ0n) is 15.5. The minimum Gasteiger partial charge on any atom is -0.486 e. The summed E-state index contributed by atoms with van der Waals surface area (Å²) < 4.78 is 66.7. The summed E-state index contributed by atoms with van der Waals surface area (Å²) in [5.74, 6) is -3.28. The molecule has 0 saturated heterocycles. The molecule has 1 aliphatic rings. The molecule has 30 heavy (non-hydrogen) atoms. The number of amides is 1. The molecule has 1 amide bonds. The van der Waals surface area contributed by atoms with Crippen LogP contribution in [0.5, 0.6) is 11.5 Å². The highest BCUT2D eigenvalue weighted by Gasteiger charge is 2.21. The summed E-state index contributed by atoms with van der Waals surface area (Å²) in [4.78, 5) is 23.5. The van der Waals surface area contributed by atoms with E-state index >= 15 is 0 Å². The number of rotatable bonds is 7. The van der Waals surface area contributed by atoms with E-state index in [2.05, 4.69) is 5.32 Å². The molecule has 1 aliphatic heterocycles. The maximum atomic E-state index is 13.5. The number of benzene rings is 2. The van der Waals surface area contributed by atoms with Crippen molar-refractivity contribution in [1.29, 1.82) is 0 Å². The summed E-state index contributed by atoms with van der Waals surface area (Å²) in [7, 11) is -3.81. The molecule has 1 heterocycles. The molecule has 0 radical (unpaired) electrons. The minimum absolute atomic E-state index is 0.0427. The number of hydrogen-bond donors (Lipinski definition) is 1. The van der Waals surface area contributed by atoms with E-state index < -0.39 is 57.8 Å². The molecule has 0 aromatic heterocycles. The first-order valence-electron chi connectivity index (χ1n) is 8.77. The van der Waals surface area contributed by atoms with Gasteiger partial charge in [0.1, 0.15) is 24.8 Å². The predicted octanol–water partition coefficient (Wildman–Crippen LogP) is 2.08. The molecule has 0 bridgehead atoms. The number of carbonyl (C=O) groups excluding carboxylic acids is 2. The molecule has 0 saturated carbocycles. The maximum absolute atomic E-state index is 13.5. The third kappa shape index (κ3) is 5.44. The normalized spacial score (nSPS) is 12.9. The van der Waals surface area contributed by atoms with Crippen molar-refractivity contribution in [2.75, 3.05) is 30.9 Å². The number of sulfone groups is 1. The Morgan fingerprint density at radius 3 is 2.53 bits per heavy atom. The van der Waals surface area contributed by atoms with Crippen molar-refractivity contribution in [1.82, 2.24) is 0 Å². The molecule has 0 spiro atoms. The molecule has 0 aliphatic carbocycles. The molecule has 2 aromatic carbocycles. The number of fused-ring (bicyclic) bond motifs is 1. The second kappa shape index (κ2) is 9.08. The van der Waals surface area contributed by atoms with Crippen molar-refractivity contribution in [2.45, 2.75) is 11.3 Å². The first-order valence-corrected chi connectivity index (χ1v) is 10.4. The maximum Gasteiger partial charge on any atom is 0.307 e. The Hall–Kier alpha value is -3.21. The van der Waals surface area contributed by atoms with Crippen LogP contribution in [0.2, 0.25) is 0 Å². The van der Waals surface area contributed by atoms with Gasteiger partial charge in [-0.1, -0.05) is 0 Å². The van der Waals surface area contributed by atoms with Gasteiger partial charge in [-0.05, 0) is 24.3 Å². The molecule has 11 heteroatoms. The van der Waals surface area contributed by atoms with Crippen molar-refractivity contribution in [3.8, 4) is 11.5 Å². The van der Waals surface area contributed by atoms with Crippen molar-refractivity contribution in [2.24, 2.45) is 0 Å². The lowest BCUT2D eigenvalue weighted by Crippen LogP contribution is -2.22. The van der Waals surface area contributed by atoms with Gasteiger partial charge in [0.2, 0.25) is 0 Å². The molecule has 160 valence electrons. The van der Waals surface area contributed by atoms with Gasteiger partial charge in [0.05, 0.1) is 22.8 Å². The highest BCUT2D eigenvalue weighted by Crippen LogP contribution is 2.32. The van der Waals surface area contributed by atoms with Gasteiger partial charge in [-0.15, -0.1) is 0 Å². The number of esters is 1. The fourth-order valence-corrected chi connectivity index (χ4v) is 3.78. The molecule has 0 unspecified atom stereocenters.